The molecular weight excluding hydrogens is 226 g/mol. The minimum Gasteiger partial charge on any atom is -0.474 e. The molecule has 6 heteroatoms. The molecule has 0 saturated heterocycles. The molecule has 66 valence electrons. The van der Waals surface area contributed by atoms with Gasteiger partial charge < -0.3 is 5.11 Å². The first-order valence-corrected chi connectivity index (χ1v) is 5.20. The van der Waals surface area contributed by atoms with Gasteiger partial charge in [-0.25, -0.2) is 4.79 Å². The lowest BCUT2D eigenvalue weighted by Gasteiger charge is -1.82. The third-order valence-electron chi connectivity index (χ3n) is 1.33. The second-order valence-corrected chi connectivity index (χ2v) is 4.86. The van der Waals surface area contributed by atoms with Crippen molar-refractivity contribution in [3.8, 4) is 0 Å². The number of rotatable bonds is 1. The first kappa shape index (κ1) is 9.77. The highest BCUT2D eigenvalue weighted by Gasteiger charge is 2.33. The van der Waals surface area contributed by atoms with Crippen molar-refractivity contribution in [3.05, 3.63) is 20.1 Å². The van der Waals surface area contributed by atoms with Crippen LogP contribution < -0.4 is 0 Å². The third kappa shape index (κ3) is 1.30. The van der Waals surface area contributed by atoms with E-state index in [1.807, 2.05) is 0 Å². The lowest BCUT2D eigenvalue weighted by atomic mass is 10.4. The fourth-order valence-electron chi connectivity index (χ4n) is 0.769. The van der Waals surface area contributed by atoms with Crippen molar-refractivity contribution < 1.29 is 14.3 Å². The molecule has 1 heterocycles. The lowest BCUT2D eigenvalue weighted by molar-refractivity contribution is 0.0697. The Kier molecular flexibility index (Phi) is 2.61. The van der Waals surface area contributed by atoms with Gasteiger partial charge in [0.1, 0.15) is 6.26 Å². The van der Waals surface area contributed by atoms with Crippen molar-refractivity contribution in [3.63, 3.8) is 0 Å². The summed E-state index contributed by atoms with van der Waals surface area (Å²) in [4.78, 5) is 10.1. The molecule has 1 aromatic heterocycles. The van der Waals surface area contributed by atoms with Crippen LogP contribution in [0.15, 0.2) is 0 Å². The van der Waals surface area contributed by atoms with Gasteiger partial charge in [-0.05, 0) is 11.6 Å². The van der Waals surface area contributed by atoms with Gasteiger partial charge in [0, 0.05) is 10.5 Å². The average Bonchev–Trinajstić information content (AvgIpc) is 2.16. The maximum atomic E-state index is 13.0. The standard InChI is InChI=1S/C6H3Cl2FO2S/c1-12-4(6(10)11)3(9)2(7)5(12)8/h1H3/p+1. The van der Waals surface area contributed by atoms with Crippen LogP contribution in [0.3, 0.4) is 0 Å². The molecule has 0 aliphatic carbocycles. The van der Waals surface area contributed by atoms with Crippen LogP contribution in [0.1, 0.15) is 9.67 Å². The van der Waals surface area contributed by atoms with Crippen LogP contribution in [0.2, 0.25) is 9.36 Å². The molecule has 1 aromatic rings. The molecular formula is C6H4Cl2FO2S+. The van der Waals surface area contributed by atoms with E-state index in [4.69, 9.17) is 28.3 Å². The first-order chi connectivity index (χ1) is 5.46. The number of carbonyl (C=O) groups is 1. The van der Waals surface area contributed by atoms with Crippen LogP contribution in [0.25, 0.3) is 0 Å². The maximum absolute atomic E-state index is 13.0. The van der Waals surface area contributed by atoms with Gasteiger partial charge in [0.2, 0.25) is 5.82 Å². The van der Waals surface area contributed by atoms with Gasteiger partial charge >= 0.3 is 5.97 Å². The van der Waals surface area contributed by atoms with Crippen LogP contribution in [0.5, 0.6) is 0 Å². The van der Waals surface area contributed by atoms with E-state index in [-0.39, 0.29) is 14.2 Å². The highest BCUT2D eigenvalue weighted by atomic mass is 35.5. The topological polar surface area (TPSA) is 37.3 Å². The van der Waals surface area contributed by atoms with Crippen LogP contribution in [-0.2, 0) is 6.26 Å². The van der Waals surface area contributed by atoms with E-state index >= 15 is 0 Å². The van der Waals surface area contributed by atoms with Crippen molar-refractivity contribution in [2.45, 2.75) is 0 Å². The summed E-state index contributed by atoms with van der Waals surface area (Å²) < 4.78 is 13.0. The Morgan fingerprint density at radius 3 is 2.25 bits per heavy atom. The lowest BCUT2D eigenvalue weighted by Crippen LogP contribution is -1.96. The number of carboxylic acid groups (broad SMARTS) is 1. The van der Waals surface area contributed by atoms with E-state index in [1.165, 1.54) is 6.26 Å². The highest BCUT2D eigenvalue weighted by molar-refractivity contribution is 7.34. The molecule has 0 aromatic carbocycles. The number of aromatic carboxylic acids is 1. The monoisotopic (exact) mass is 229 g/mol. The fourth-order valence-corrected chi connectivity index (χ4v) is 2.75. The van der Waals surface area contributed by atoms with Gasteiger partial charge in [0.05, 0.1) is 0 Å². The molecule has 0 aliphatic heterocycles. The zero-order chi connectivity index (χ0) is 9.46. The highest BCUT2D eigenvalue weighted by Crippen LogP contribution is 2.42. The number of halogens is 3. The Balaban J connectivity index is 3.48. The van der Waals surface area contributed by atoms with E-state index in [0.29, 0.717) is 0 Å². The number of hydrogen-bond donors (Lipinski definition) is 1. The summed E-state index contributed by atoms with van der Waals surface area (Å²) in [5, 5.41) is 8.28. The molecule has 0 fully saturated rings. The molecule has 0 aliphatic rings. The summed E-state index contributed by atoms with van der Waals surface area (Å²) in [6, 6.07) is 0. The summed E-state index contributed by atoms with van der Waals surface area (Å²) >= 11 is 11.0. The van der Waals surface area contributed by atoms with Crippen molar-refractivity contribution in [2.24, 2.45) is 6.26 Å². The molecule has 12 heavy (non-hydrogen) atoms. The van der Waals surface area contributed by atoms with Gasteiger partial charge in [-0.15, -0.1) is 0 Å². The van der Waals surface area contributed by atoms with Crippen molar-refractivity contribution in [1.29, 1.82) is 0 Å². The predicted octanol–water partition coefficient (Wildman–Crippen LogP) is 3.12. The van der Waals surface area contributed by atoms with E-state index in [9.17, 15) is 9.18 Å². The van der Waals surface area contributed by atoms with Gasteiger partial charge in [0.25, 0.3) is 9.21 Å². The smallest absolute Gasteiger partial charge is 0.392 e. The zero-order valence-corrected chi connectivity index (χ0v) is 8.23. The van der Waals surface area contributed by atoms with Crippen LogP contribution in [-0.4, -0.2) is 11.1 Å². The number of thiophene rings is 1. The van der Waals surface area contributed by atoms with Gasteiger partial charge in [-0.2, -0.15) is 4.39 Å². The molecule has 0 radical (unpaired) electrons. The molecule has 1 atom stereocenters. The molecule has 0 amide bonds. The molecule has 0 bridgehead atoms. The Morgan fingerprint density at radius 2 is 2.08 bits per heavy atom. The normalized spacial score (nSPS) is 11.8. The summed E-state index contributed by atoms with van der Waals surface area (Å²) in [6.07, 6.45) is 1.51. The maximum Gasteiger partial charge on any atom is 0.392 e. The van der Waals surface area contributed by atoms with Gasteiger partial charge in [-0.1, -0.05) is 11.6 Å². The van der Waals surface area contributed by atoms with Gasteiger partial charge in [-0.3, -0.25) is 0 Å². The Labute approximate surface area is 80.5 Å². The van der Waals surface area contributed by atoms with Crippen molar-refractivity contribution in [2.75, 3.05) is 0 Å². The van der Waals surface area contributed by atoms with Crippen molar-refractivity contribution >= 4 is 39.6 Å². The third-order valence-corrected chi connectivity index (χ3v) is 4.49. The van der Waals surface area contributed by atoms with Crippen molar-refractivity contribution in [1.82, 2.24) is 0 Å². The summed E-state index contributed by atoms with van der Waals surface area (Å²) in [5.41, 5.74) is 0. The van der Waals surface area contributed by atoms with E-state index < -0.39 is 22.3 Å². The van der Waals surface area contributed by atoms with Crippen LogP contribution in [0.4, 0.5) is 4.39 Å². The molecule has 1 N–H and O–H groups in total. The molecule has 0 saturated carbocycles. The quantitative estimate of drug-likeness (QED) is 0.752. The average molecular weight is 230 g/mol. The number of hydrogen-bond acceptors (Lipinski definition) is 1. The van der Waals surface area contributed by atoms with E-state index in [1.54, 1.807) is 0 Å². The second-order valence-electron chi connectivity index (χ2n) is 2.05. The minimum atomic E-state index is -1.31. The second kappa shape index (κ2) is 3.20. The Bertz CT molecular complexity index is 322. The Hall–Kier alpha value is -0.320. The first-order valence-electron chi connectivity index (χ1n) is 2.81. The molecule has 2 nitrogen and oxygen atoms in total. The zero-order valence-electron chi connectivity index (χ0n) is 5.90. The summed E-state index contributed by atoms with van der Waals surface area (Å²) in [5.74, 6) is -2.23. The van der Waals surface area contributed by atoms with E-state index in [0.717, 1.165) is 0 Å². The number of carboxylic acids is 1. The molecule has 1 rings (SSSR count). The largest absolute Gasteiger partial charge is 0.474 e. The van der Waals surface area contributed by atoms with Crippen LogP contribution >= 0.6 is 33.7 Å². The fraction of sp³-hybridized carbons (Fsp3) is 0.167. The van der Waals surface area contributed by atoms with Gasteiger partial charge in [0.15, 0.2) is 5.02 Å². The summed E-state index contributed by atoms with van der Waals surface area (Å²) in [7, 11) is -0.927. The summed E-state index contributed by atoms with van der Waals surface area (Å²) in [6.45, 7) is 0. The van der Waals surface area contributed by atoms with Crippen LogP contribution in [0, 0.1) is 5.82 Å². The SMILES string of the molecule is C[s+]1c(Cl)c(Cl)c(F)c1C(=O)O. The Morgan fingerprint density at radius 1 is 1.58 bits per heavy atom. The van der Waals surface area contributed by atoms with E-state index in [2.05, 4.69) is 0 Å². The molecule has 1 unspecified atom stereocenters. The predicted molar refractivity (Wildman–Crippen MR) is 46.8 cm³/mol. The minimum absolute atomic E-state index is 0.0755. The molecule has 0 spiro atoms.